The van der Waals surface area contributed by atoms with Gasteiger partial charge in [-0.2, -0.15) is 4.98 Å². The zero-order chi connectivity index (χ0) is 12.3. The van der Waals surface area contributed by atoms with E-state index in [1.807, 2.05) is 0 Å². The molecule has 94 valence electrons. The molecule has 17 heavy (non-hydrogen) atoms. The summed E-state index contributed by atoms with van der Waals surface area (Å²) in [5.74, 6) is 1.79. The fourth-order valence-corrected chi connectivity index (χ4v) is 2.70. The molecule has 2 rings (SSSR count). The molecule has 0 amide bonds. The van der Waals surface area contributed by atoms with Crippen molar-refractivity contribution in [3.05, 3.63) is 11.2 Å². The molecule has 1 aliphatic carbocycles. The van der Waals surface area contributed by atoms with Crippen LogP contribution in [-0.4, -0.2) is 16.0 Å². The van der Waals surface area contributed by atoms with E-state index in [9.17, 15) is 0 Å². The summed E-state index contributed by atoms with van der Waals surface area (Å²) in [6, 6.07) is 2.21. The minimum Gasteiger partial charge on any atom is -0.368 e. The first kappa shape index (κ1) is 12.4. The van der Waals surface area contributed by atoms with Crippen LogP contribution < -0.4 is 11.1 Å². The molecule has 1 fully saturated rings. The average Bonchev–Trinajstić information content (AvgIpc) is 2.28. The molecule has 3 N–H and O–H groups in total. The summed E-state index contributed by atoms with van der Waals surface area (Å²) in [6.45, 7) is 2.26. The quantitative estimate of drug-likeness (QED) is 0.814. The van der Waals surface area contributed by atoms with Gasteiger partial charge in [-0.25, -0.2) is 4.98 Å². The van der Waals surface area contributed by atoms with Crippen molar-refractivity contribution < 1.29 is 0 Å². The second kappa shape index (κ2) is 5.54. The van der Waals surface area contributed by atoms with Gasteiger partial charge in [0.1, 0.15) is 11.0 Å². The highest BCUT2D eigenvalue weighted by Gasteiger charge is 2.20. The largest absolute Gasteiger partial charge is 0.368 e. The number of rotatable bonds is 3. The maximum absolute atomic E-state index is 5.85. The van der Waals surface area contributed by atoms with Crippen LogP contribution in [0.5, 0.6) is 0 Å². The van der Waals surface area contributed by atoms with Gasteiger partial charge in [0.2, 0.25) is 5.95 Å². The molecule has 2 atom stereocenters. The van der Waals surface area contributed by atoms with Gasteiger partial charge in [-0.3, -0.25) is 0 Å². The molecule has 0 aliphatic heterocycles. The summed E-state index contributed by atoms with van der Waals surface area (Å²) in [6.07, 6.45) is 6.28. The van der Waals surface area contributed by atoms with Crippen molar-refractivity contribution in [2.75, 3.05) is 11.1 Å². The molecule has 0 saturated heterocycles. The molecule has 0 aromatic carbocycles. The number of nitrogen functional groups attached to an aromatic ring is 1. The molecule has 1 saturated carbocycles. The number of aromatic nitrogens is 2. The first-order chi connectivity index (χ1) is 8.17. The van der Waals surface area contributed by atoms with Crippen molar-refractivity contribution in [3.63, 3.8) is 0 Å². The third kappa shape index (κ3) is 3.46. The zero-order valence-corrected chi connectivity index (χ0v) is 10.9. The molecule has 0 radical (unpaired) electrons. The lowest BCUT2D eigenvalue weighted by Gasteiger charge is -2.29. The topological polar surface area (TPSA) is 63.8 Å². The minimum atomic E-state index is 0.225. The predicted octanol–water partition coefficient (Wildman–Crippen LogP) is 3.09. The lowest BCUT2D eigenvalue weighted by atomic mass is 9.84. The van der Waals surface area contributed by atoms with Gasteiger partial charge >= 0.3 is 0 Å². The lowest BCUT2D eigenvalue weighted by molar-refractivity contribution is 0.327. The number of anilines is 2. The number of nitrogens with two attached hydrogens (primary N) is 1. The summed E-state index contributed by atoms with van der Waals surface area (Å²) in [7, 11) is 0. The fourth-order valence-electron chi connectivity index (χ4n) is 2.51. The van der Waals surface area contributed by atoms with Crippen LogP contribution >= 0.6 is 11.6 Å². The van der Waals surface area contributed by atoms with Crippen LogP contribution in [0.4, 0.5) is 11.8 Å². The van der Waals surface area contributed by atoms with Gasteiger partial charge < -0.3 is 11.1 Å². The Balaban J connectivity index is 2.00. The van der Waals surface area contributed by atoms with E-state index < -0.39 is 0 Å². The van der Waals surface area contributed by atoms with Crippen LogP contribution in [0.1, 0.15) is 39.0 Å². The van der Waals surface area contributed by atoms with E-state index in [1.54, 1.807) is 6.07 Å². The second-order valence-corrected chi connectivity index (χ2v) is 5.10. The normalized spacial score (nSPS) is 24.6. The van der Waals surface area contributed by atoms with E-state index in [-0.39, 0.29) is 5.95 Å². The Morgan fingerprint density at radius 3 is 3.00 bits per heavy atom. The highest BCUT2D eigenvalue weighted by Crippen LogP contribution is 2.28. The summed E-state index contributed by atoms with van der Waals surface area (Å²) < 4.78 is 0. The second-order valence-electron chi connectivity index (χ2n) is 4.72. The number of nitrogens with zero attached hydrogens (tertiary/aromatic N) is 2. The third-order valence-electron chi connectivity index (χ3n) is 3.42. The minimum absolute atomic E-state index is 0.225. The number of nitrogens with one attached hydrogen (secondary N) is 1. The SMILES string of the molecule is CCC1CCCC(Nc2cc(Cl)nc(N)n2)C1. The van der Waals surface area contributed by atoms with Crippen LogP contribution in [0.2, 0.25) is 5.15 Å². The average molecular weight is 255 g/mol. The Labute approximate surface area is 107 Å². The molecule has 0 spiro atoms. The highest BCUT2D eigenvalue weighted by atomic mass is 35.5. The predicted molar refractivity (Wildman–Crippen MR) is 71.1 cm³/mol. The maximum atomic E-state index is 5.85. The van der Waals surface area contributed by atoms with Gasteiger partial charge in [0.25, 0.3) is 0 Å². The molecule has 1 heterocycles. The van der Waals surface area contributed by atoms with Gasteiger partial charge in [0.15, 0.2) is 0 Å². The van der Waals surface area contributed by atoms with E-state index in [0.29, 0.717) is 11.2 Å². The van der Waals surface area contributed by atoms with Crippen molar-refractivity contribution in [3.8, 4) is 0 Å². The molecule has 2 unspecified atom stereocenters. The summed E-state index contributed by atoms with van der Waals surface area (Å²) in [5.41, 5.74) is 5.57. The third-order valence-corrected chi connectivity index (χ3v) is 3.62. The Morgan fingerprint density at radius 1 is 1.47 bits per heavy atom. The molecular formula is C12H19ClN4. The smallest absolute Gasteiger partial charge is 0.223 e. The molecule has 0 bridgehead atoms. The molecule has 5 heteroatoms. The van der Waals surface area contributed by atoms with Crippen LogP contribution in [0, 0.1) is 5.92 Å². The molecule has 1 aliphatic rings. The highest BCUT2D eigenvalue weighted by molar-refractivity contribution is 6.29. The zero-order valence-electron chi connectivity index (χ0n) is 10.1. The van der Waals surface area contributed by atoms with Crippen LogP contribution in [0.3, 0.4) is 0 Å². The molecule has 1 aromatic rings. The summed E-state index contributed by atoms with van der Waals surface area (Å²) in [5, 5.41) is 3.80. The number of hydrogen-bond donors (Lipinski definition) is 2. The molecule has 4 nitrogen and oxygen atoms in total. The van der Waals surface area contributed by atoms with Crippen LogP contribution in [0.25, 0.3) is 0 Å². The number of halogens is 1. The lowest BCUT2D eigenvalue weighted by Crippen LogP contribution is -2.27. The monoisotopic (exact) mass is 254 g/mol. The van der Waals surface area contributed by atoms with E-state index in [4.69, 9.17) is 17.3 Å². The van der Waals surface area contributed by atoms with E-state index in [1.165, 1.54) is 32.1 Å². The van der Waals surface area contributed by atoms with Gasteiger partial charge in [-0.05, 0) is 18.8 Å². The van der Waals surface area contributed by atoms with Crippen LogP contribution in [-0.2, 0) is 0 Å². The van der Waals surface area contributed by atoms with Crippen molar-refractivity contribution in [1.82, 2.24) is 9.97 Å². The maximum Gasteiger partial charge on any atom is 0.223 e. The van der Waals surface area contributed by atoms with Crippen LogP contribution in [0.15, 0.2) is 6.07 Å². The first-order valence-electron chi connectivity index (χ1n) is 6.24. The van der Waals surface area contributed by atoms with Gasteiger partial charge in [-0.15, -0.1) is 0 Å². The first-order valence-corrected chi connectivity index (χ1v) is 6.61. The molecule has 1 aromatic heterocycles. The van der Waals surface area contributed by atoms with E-state index in [0.717, 1.165) is 11.7 Å². The van der Waals surface area contributed by atoms with Crippen molar-refractivity contribution in [2.24, 2.45) is 5.92 Å². The number of hydrogen-bond acceptors (Lipinski definition) is 4. The van der Waals surface area contributed by atoms with Crippen molar-refractivity contribution >= 4 is 23.4 Å². The van der Waals surface area contributed by atoms with E-state index in [2.05, 4.69) is 22.2 Å². The fraction of sp³-hybridized carbons (Fsp3) is 0.667. The Hall–Kier alpha value is -1.03. The van der Waals surface area contributed by atoms with Gasteiger partial charge in [0.05, 0.1) is 0 Å². The Kier molecular flexibility index (Phi) is 4.05. The summed E-state index contributed by atoms with van der Waals surface area (Å²) in [4.78, 5) is 8.00. The van der Waals surface area contributed by atoms with E-state index >= 15 is 0 Å². The molecular weight excluding hydrogens is 236 g/mol. The standard InChI is InChI=1S/C12H19ClN4/c1-2-8-4-3-5-9(6-8)15-11-7-10(13)16-12(14)17-11/h7-9H,2-6H2,1H3,(H3,14,15,16,17). The van der Waals surface area contributed by atoms with Crippen molar-refractivity contribution in [1.29, 1.82) is 0 Å². The Bertz CT molecular complexity index is 363. The van der Waals surface area contributed by atoms with Crippen molar-refractivity contribution in [2.45, 2.75) is 45.1 Å². The Morgan fingerprint density at radius 2 is 2.29 bits per heavy atom. The summed E-state index contributed by atoms with van der Waals surface area (Å²) >= 11 is 5.85. The van der Waals surface area contributed by atoms with Gasteiger partial charge in [-0.1, -0.05) is 37.8 Å². The van der Waals surface area contributed by atoms with Gasteiger partial charge in [0, 0.05) is 12.1 Å².